The molecule has 1 aromatic heterocycles. The number of urea groups is 1. The summed E-state index contributed by atoms with van der Waals surface area (Å²) in [7, 11) is 1.35. The molecule has 0 atom stereocenters. The molecular weight excluding hydrogens is 534 g/mol. The second-order valence-corrected chi connectivity index (χ2v) is 11.4. The van der Waals surface area contributed by atoms with Gasteiger partial charge in [0.2, 0.25) is 5.88 Å². The molecule has 12 nitrogen and oxygen atoms in total. The lowest BCUT2D eigenvalue weighted by molar-refractivity contribution is 0.206. The van der Waals surface area contributed by atoms with E-state index >= 15 is 0 Å². The number of nitrogens with one attached hydrogen (secondary N) is 2. The number of hydrogen-bond acceptors (Lipinski definition) is 9. The molecule has 2 aliphatic rings. The summed E-state index contributed by atoms with van der Waals surface area (Å²) < 4.78 is 38.5. The van der Waals surface area contributed by atoms with Gasteiger partial charge in [-0.05, 0) is 55.9 Å². The largest absolute Gasteiger partial charge is 0.496 e. The van der Waals surface area contributed by atoms with Crippen molar-refractivity contribution in [1.82, 2.24) is 20.0 Å². The Balaban J connectivity index is 1.27. The minimum absolute atomic E-state index is 0.0268. The van der Waals surface area contributed by atoms with E-state index in [4.69, 9.17) is 9.47 Å². The Kier molecular flexibility index (Phi) is 7.94. The molecule has 0 spiro atoms. The number of piperazine rings is 1. The van der Waals surface area contributed by atoms with Gasteiger partial charge in [-0.2, -0.15) is 0 Å². The number of rotatable bonds is 7. The molecule has 0 radical (unpaired) electrons. The van der Waals surface area contributed by atoms with Gasteiger partial charge in [0.1, 0.15) is 5.75 Å². The van der Waals surface area contributed by atoms with Crippen molar-refractivity contribution < 1.29 is 22.7 Å². The number of fused-ring (bicyclic) bond motifs is 1. The first-order valence-electron chi connectivity index (χ1n) is 13.0. The molecule has 0 aliphatic carbocycles. The molecule has 1 fully saturated rings. The maximum atomic E-state index is 13.2. The summed E-state index contributed by atoms with van der Waals surface area (Å²) >= 11 is 0. The van der Waals surface area contributed by atoms with Gasteiger partial charge in [0.25, 0.3) is 10.0 Å². The molecule has 1 saturated heterocycles. The van der Waals surface area contributed by atoms with Crippen LogP contribution in [0.15, 0.2) is 53.4 Å². The van der Waals surface area contributed by atoms with Gasteiger partial charge in [0, 0.05) is 67.8 Å². The number of benzene rings is 2. The molecule has 2 N–H and O–H groups in total. The summed E-state index contributed by atoms with van der Waals surface area (Å²) in [5, 5.41) is 10.5. The van der Waals surface area contributed by atoms with Gasteiger partial charge in [-0.25, -0.2) is 13.2 Å². The molecule has 40 heavy (non-hydrogen) atoms. The third kappa shape index (κ3) is 5.89. The highest BCUT2D eigenvalue weighted by atomic mass is 32.2. The van der Waals surface area contributed by atoms with Gasteiger partial charge < -0.3 is 29.5 Å². The lowest BCUT2D eigenvalue weighted by Gasteiger charge is -2.38. The highest BCUT2D eigenvalue weighted by Crippen LogP contribution is 2.36. The maximum Gasteiger partial charge on any atom is 0.322 e. The average Bonchev–Trinajstić information content (AvgIpc) is 2.97. The number of anilines is 3. The first-order chi connectivity index (χ1) is 19.3. The number of aromatic nitrogens is 2. The fourth-order valence-electron chi connectivity index (χ4n) is 4.93. The van der Waals surface area contributed by atoms with Crippen molar-refractivity contribution >= 4 is 33.2 Å². The van der Waals surface area contributed by atoms with E-state index in [-0.39, 0.29) is 22.6 Å². The molecule has 2 aliphatic heterocycles. The van der Waals surface area contributed by atoms with E-state index in [1.807, 2.05) is 6.07 Å². The third-order valence-corrected chi connectivity index (χ3v) is 8.57. The van der Waals surface area contributed by atoms with E-state index in [1.54, 1.807) is 24.1 Å². The zero-order chi connectivity index (χ0) is 28.3. The lowest BCUT2D eigenvalue weighted by Crippen LogP contribution is -2.46. The van der Waals surface area contributed by atoms with Crippen LogP contribution in [0.2, 0.25) is 0 Å². The van der Waals surface area contributed by atoms with Crippen LogP contribution in [0.1, 0.15) is 11.1 Å². The SMILES string of the molecule is COc1ccc(NS(=O)(=O)c2ccc(NC(=O)N3CCc4c(OC)ccc(N5CCN(C)CC5)c4C3)cc2)nn1. The Morgan fingerprint density at radius 1 is 0.875 bits per heavy atom. The number of likely N-dealkylation sites (N-methyl/N-ethyl adjacent to an activating group) is 1. The van der Waals surface area contributed by atoms with Crippen LogP contribution in [0.3, 0.4) is 0 Å². The maximum absolute atomic E-state index is 13.2. The Morgan fingerprint density at radius 2 is 1.62 bits per heavy atom. The van der Waals surface area contributed by atoms with Crippen molar-refractivity contribution in [3.63, 3.8) is 0 Å². The van der Waals surface area contributed by atoms with E-state index in [0.29, 0.717) is 25.2 Å². The van der Waals surface area contributed by atoms with Crippen molar-refractivity contribution in [2.24, 2.45) is 0 Å². The highest BCUT2D eigenvalue weighted by Gasteiger charge is 2.28. The fourth-order valence-corrected chi connectivity index (χ4v) is 5.93. The van der Waals surface area contributed by atoms with Gasteiger partial charge in [-0.15, -0.1) is 10.2 Å². The van der Waals surface area contributed by atoms with Crippen LogP contribution in [0.4, 0.5) is 22.0 Å². The van der Waals surface area contributed by atoms with E-state index in [1.165, 1.54) is 31.4 Å². The Labute approximate surface area is 233 Å². The number of sulfonamides is 1. The summed E-state index contributed by atoms with van der Waals surface area (Å²) in [5.74, 6) is 1.19. The Morgan fingerprint density at radius 3 is 2.27 bits per heavy atom. The predicted molar refractivity (Wildman–Crippen MR) is 152 cm³/mol. The van der Waals surface area contributed by atoms with Crippen molar-refractivity contribution in [2.45, 2.75) is 17.9 Å². The van der Waals surface area contributed by atoms with Crippen LogP contribution < -0.4 is 24.4 Å². The van der Waals surface area contributed by atoms with Crippen LogP contribution >= 0.6 is 0 Å². The molecule has 3 aromatic rings. The van der Waals surface area contributed by atoms with Gasteiger partial charge >= 0.3 is 6.03 Å². The molecule has 13 heteroatoms. The van der Waals surface area contributed by atoms with Crippen molar-refractivity contribution in [3.05, 3.63) is 59.7 Å². The zero-order valence-corrected chi connectivity index (χ0v) is 23.6. The Bertz CT molecular complexity index is 1460. The number of carbonyl (C=O) groups excluding carboxylic acids is 1. The van der Waals surface area contributed by atoms with E-state index in [0.717, 1.165) is 48.7 Å². The van der Waals surface area contributed by atoms with Crippen LogP contribution in [0, 0.1) is 0 Å². The molecule has 3 heterocycles. The zero-order valence-electron chi connectivity index (χ0n) is 22.8. The van der Waals surface area contributed by atoms with Crippen LogP contribution in [0.25, 0.3) is 0 Å². The number of methoxy groups -OCH3 is 2. The summed E-state index contributed by atoms with van der Waals surface area (Å²) in [5.41, 5.74) is 3.89. The molecular formula is C27H33N7O5S. The van der Waals surface area contributed by atoms with E-state index in [9.17, 15) is 13.2 Å². The molecule has 0 saturated carbocycles. The standard InChI is InChI=1S/C27H33N7O5S/c1-32-14-16-33(17-15-32)23-8-9-24(38-2)21-12-13-34(18-22(21)23)27(35)28-19-4-6-20(7-5-19)40(36,37)31-25-10-11-26(39-3)30-29-25/h4-11H,12-18H2,1-3H3,(H,28,35)(H,29,31). The average molecular weight is 568 g/mol. The van der Waals surface area contributed by atoms with Gasteiger partial charge in [0.05, 0.1) is 19.1 Å². The molecule has 2 aromatic carbocycles. The second kappa shape index (κ2) is 11.6. The summed E-state index contributed by atoms with van der Waals surface area (Å²) in [6.45, 7) is 4.83. The number of carbonyl (C=O) groups is 1. The van der Waals surface area contributed by atoms with Gasteiger partial charge in [-0.1, -0.05) is 0 Å². The molecule has 2 amide bonds. The molecule has 5 rings (SSSR count). The fraction of sp³-hybridized carbons (Fsp3) is 0.370. The number of amides is 2. The normalized spacial score (nSPS) is 15.8. The lowest BCUT2D eigenvalue weighted by atomic mass is 9.96. The first-order valence-corrected chi connectivity index (χ1v) is 14.4. The van der Waals surface area contributed by atoms with E-state index < -0.39 is 10.0 Å². The summed E-state index contributed by atoms with van der Waals surface area (Å²) in [6, 6.07) is 12.8. The van der Waals surface area contributed by atoms with Crippen molar-refractivity contribution in [1.29, 1.82) is 0 Å². The van der Waals surface area contributed by atoms with Crippen LogP contribution in [-0.4, -0.2) is 88.4 Å². The van der Waals surface area contributed by atoms with Crippen LogP contribution in [-0.2, 0) is 23.0 Å². The van der Waals surface area contributed by atoms with Crippen LogP contribution in [0.5, 0.6) is 11.6 Å². The Hall–Kier alpha value is -4.10. The number of ether oxygens (including phenoxy) is 2. The molecule has 0 unspecified atom stereocenters. The van der Waals surface area contributed by atoms with Gasteiger partial charge in [-0.3, -0.25) is 4.72 Å². The smallest absolute Gasteiger partial charge is 0.322 e. The quantitative estimate of drug-likeness (QED) is 0.443. The van der Waals surface area contributed by atoms with Gasteiger partial charge in [0.15, 0.2) is 5.82 Å². The van der Waals surface area contributed by atoms with Crippen molar-refractivity contribution in [2.75, 3.05) is 68.9 Å². The molecule has 0 bridgehead atoms. The monoisotopic (exact) mass is 567 g/mol. The summed E-state index contributed by atoms with van der Waals surface area (Å²) in [6.07, 6.45) is 0.685. The van der Waals surface area contributed by atoms with Crippen molar-refractivity contribution in [3.8, 4) is 11.6 Å². The minimum Gasteiger partial charge on any atom is -0.496 e. The second-order valence-electron chi connectivity index (χ2n) is 9.73. The first kappa shape index (κ1) is 27.5. The highest BCUT2D eigenvalue weighted by molar-refractivity contribution is 7.92. The van der Waals surface area contributed by atoms with E-state index in [2.05, 4.69) is 43.2 Å². The summed E-state index contributed by atoms with van der Waals surface area (Å²) in [4.78, 5) is 19.7. The number of hydrogen-bond donors (Lipinski definition) is 2. The number of nitrogens with zero attached hydrogens (tertiary/aromatic N) is 5. The predicted octanol–water partition coefficient (Wildman–Crippen LogP) is 2.64. The topological polar surface area (TPSA) is 129 Å². The third-order valence-electron chi connectivity index (χ3n) is 7.20. The molecule has 212 valence electrons. The minimum atomic E-state index is -3.89.